The van der Waals surface area contributed by atoms with E-state index < -0.39 is 0 Å². The quantitative estimate of drug-likeness (QED) is 0.390. The molecule has 1 N–H and O–H groups in total. The third-order valence-electron chi connectivity index (χ3n) is 6.30. The number of carbonyl (C=O) groups is 1. The molecule has 0 bridgehead atoms. The lowest BCUT2D eigenvalue weighted by Crippen LogP contribution is -2.33. The molecule has 0 fully saturated rings. The van der Waals surface area contributed by atoms with E-state index in [1.807, 2.05) is 52.0 Å². The SMILES string of the molecule is Cc1oc2cc3oc(=O)c(CCC(=O)N[C@@H](C)CCc4ccccc4)c(C)c3cc2c1C. The third kappa shape index (κ3) is 4.47. The minimum absolute atomic E-state index is 0.0544. The van der Waals surface area contributed by atoms with Crippen molar-refractivity contribution < 1.29 is 13.6 Å². The number of furan rings is 1. The van der Waals surface area contributed by atoms with Gasteiger partial charge < -0.3 is 14.2 Å². The second kappa shape index (κ2) is 9.03. The average Bonchev–Trinajstić information content (AvgIpc) is 3.04. The highest BCUT2D eigenvalue weighted by atomic mass is 16.4. The largest absolute Gasteiger partial charge is 0.461 e. The van der Waals surface area contributed by atoms with Crippen molar-refractivity contribution in [3.63, 3.8) is 0 Å². The number of fused-ring (bicyclic) bond motifs is 2. The molecule has 0 aliphatic rings. The van der Waals surface area contributed by atoms with Crippen LogP contribution in [0.3, 0.4) is 0 Å². The maximum absolute atomic E-state index is 12.6. The predicted octanol–water partition coefficient (Wildman–Crippen LogP) is 5.53. The Morgan fingerprint density at radius 2 is 1.62 bits per heavy atom. The molecule has 0 unspecified atom stereocenters. The van der Waals surface area contributed by atoms with E-state index in [0.717, 1.165) is 40.5 Å². The zero-order valence-electron chi connectivity index (χ0n) is 19.1. The monoisotopic (exact) mass is 431 g/mol. The van der Waals surface area contributed by atoms with Crippen LogP contribution in [0.4, 0.5) is 0 Å². The van der Waals surface area contributed by atoms with E-state index >= 15 is 0 Å². The van der Waals surface area contributed by atoms with Crippen molar-refractivity contribution >= 4 is 27.8 Å². The Labute approximate surface area is 187 Å². The molecule has 0 aliphatic heterocycles. The highest BCUT2D eigenvalue weighted by molar-refractivity contribution is 5.96. The molecule has 32 heavy (non-hydrogen) atoms. The number of aryl methyl sites for hydroxylation is 4. The van der Waals surface area contributed by atoms with Crippen molar-refractivity contribution in [1.82, 2.24) is 5.32 Å². The van der Waals surface area contributed by atoms with Gasteiger partial charge >= 0.3 is 5.63 Å². The van der Waals surface area contributed by atoms with Gasteiger partial charge in [-0.15, -0.1) is 0 Å². The molecule has 0 spiro atoms. The first-order valence-electron chi connectivity index (χ1n) is 11.1. The van der Waals surface area contributed by atoms with Crippen molar-refractivity contribution in [2.24, 2.45) is 0 Å². The molecule has 0 aliphatic carbocycles. The normalized spacial score (nSPS) is 12.4. The predicted molar refractivity (Wildman–Crippen MR) is 127 cm³/mol. The van der Waals surface area contributed by atoms with Crippen LogP contribution in [0.2, 0.25) is 0 Å². The number of rotatable bonds is 7. The van der Waals surface area contributed by atoms with Crippen LogP contribution in [0, 0.1) is 20.8 Å². The van der Waals surface area contributed by atoms with Crippen molar-refractivity contribution in [1.29, 1.82) is 0 Å². The summed E-state index contributed by atoms with van der Waals surface area (Å²) >= 11 is 0. The van der Waals surface area contributed by atoms with E-state index in [2.05, 4.69) is 17.4 Å². The van der Waals surface area contributed by atoms with Gasteiger partial charge in [-0.2, -0.15) is 0 Å². The lowest BCUT2D eigenvalue weighted by Gasteiger charge is -2.14. The summed E-state index contributed by atoms with van der Waals surface area (Å²) in [6.07, 6.45) is 2.38. The highest BCUT2D eigenvalue weighted by Gasteiger charge is 2.17. The van der Waals surface area contributed by atoms with Gasteiger partial charge in [-0.3, -0.25) is 4.79 Å². The Kier molecular flexibility index (Phi) is 6.17. The van der Waals surface area contributed by atoms with E-state index in [-0.39, 0.29) is 24.0 Å². The Bertz CT molecular complexity index is 1330. The van der Waals surface area contributed by atoms with Gasteiger partial charge in [0.1, 0.15) is 16.9 Å². The van der Waals surface area contributed by atoms with Gasteiger partial charge in [0.25, 0.3) is 0 Å². The van der Waals surface area contributed by atoms with Gasteiger partial charge in [-0.25, -0.2) is 4.79 Å². The van der Waals surface area contributed by atoms with Crippen molar-refractivity contribution in [3.8, 4) is 0 Å². The Balaban J connectivity index is 1.45. The fraction of sp³-hybridized carbons (Fsp3) is 0.333. The number of nitrogens with one attached hydrogen (secondary N) is 1. The molecule has 5 nitrogen and oxygen atoms in total. The van der Waals surface area contributed by atoms with Crippen LogP contribution >= 0.6 is 0 Å². The van der Waals surface area contributed by atoms with Gasteiger partial charge in [0.2, 0.25) is 5.91 Å². The Morgan fingerprint density at radius 1 is 0.938 bits per heavy atom. The molecule has 4 aromatic rings. The molecule has 1 atom stereocenters. The lowest BCUT2D eigenvalue weighted by molar-refractivity contribution is -0.121. The topological polar surface area (TPSA) is 72.5 Å². The van der Waals surface area contributed by atoms with Gasteiger partial charge in [0, 0.05) is 34.9 Å². The first-order chi connectivity index (χ1) is 15.3. The van der Waals surface area contributed by atoms with Crippen LogP contribution in [0.1, 0.15) is 47.8 Å². The molecular weight excluding hydrogens is 402 g/mol. The fourth-order valence-electron chi connectivity index (χ4n) is 4.20. The molecule has 4 rings (SSSR count). The first-order valence-corrected chi connectivity index (χ1v) is 11.1. The van der Waals surface area contributed by atoms with E-state index in [0.29, 0.717) is 23.2 Å². The number of hydrogen-bond donors (Lipinski definition) is 1. The smallest absolute Gasteiger partial charge is 0.339 e. The van der Waals surface area contributed by atoms with Crippen LogP contribution in [0.5, 0.6) is 0 Å². The van der Waals surface area contributed by atoms with Crippen LogP contribution in [0.15, 0.2) is 56.1 Å². The fourth-order valence-corrected chi connectivity index (χ4v) is 4.20. The molecule has 0 saturated heterocycles. The summed E-state index contributed by atoms with van der Waals surface area (Å²) in [5.74, 6) is 0.801. The zero-order valence-corrected chi connectivity index (χ0v) is 19.1. The minimum atomic E-state index is -0.390. The number of benzene rings is 2. The molecule has 0 radical (unpaired) electrons. The highest BCUT2D eigenvalue weighted by Crippen LogP contribution is 2.31. The van der Waals surface area contributed by atoms with Crippen LogP contribution in [-0.4, -0.2) is 11.9 Å². The molecule has 1 amide bonds. The second-order valence-corrected chi connectivity index (χ2v) is 8.61. The molecular formula is C27H29NO4. The Morgan fingerprint density at radius 3 is 2.38 bits per heavy atom. The van der Waals surface area contributed by atoms with Crippen molar-refractivity contribution in [3.05, 3.63) is 80.9 Å². The lowest BCUT2D eigenvalue weighted by atomic mass is 10.00. The van der Waals surface area contributed by atoms with E-state index in [9.17, 15) is 9.59 Å². The van der Waals surface area contributed by atoms with Crippen LogP contribution in [-0.2, 0) is 17.6 Å². The summed E-state index contributed by atoms with van der Waals surface area (Å²) in [5, 5.41) is 4.95. The van der Waals surface area contributed by atoms with Gasteiger partial charge in [0.05, 0.1) is 0 Å². The number of hydrogen-bond acceptors (Lipinski definition) is 4. The standard InChI is InChI=1S/C27H29NO4/c1-16(10-11-20-8-6-5-7-9-20)28-26(29)13-12-21-18(3)23-14-22-17(2)19(4)31-24(22)15-25(23)32-27(21)30/h5-9,14-16H,10-13H2,1-4H3,(H,28,29)/t16-/m0/s1. The third-order valence-corrected chi connectivity index (χ3v) is 6.30. The summed E-state index contributed by atoms with van der Waals surface area (Å²) in [7, 11) is 0. The average molecular weight is 432 g/mol. The summed E-state index contributed by atoms with van der Waals surface area (Å²) in [6.45, 7) is 7.87. The summed E-state index contributed by atoms with van der Waals surface area (Å²) in [6, 6.07) is 14.1. The van der Waals surface area contributed by atoms with Gasteiger partial charge in [0.15, 0.2) is 0 Å². The molecule has 0 saturated carbocycles. The maximum atomic E-state index is 12.6. The summed E-state index contributed by atoms with van der Waals surface area (Å²) in [5.41, 5.74) is 4.60. The molecule has 2 heterocycles. The molecule has 2 aromatic carbocycles. The van der Waals surface area contributed by atoms with E-state index in [4.69, 9.17) is 8.83 Å². The summed E-state index contributed by atoms with van der Waals surface area (Å²) < 4.78 is 11.4. The van der Waals surface area contributed by atoms with E-state index in [1.54, 1.807) is 6.07 Å². The second-order valence-electron chi connectivity index (χ2n) is 8.61. The van der Waals surface area contributed by atoms with Crippen molar-refractivity contribution in [2.75, 3.05) is 0 Å². The molecule has 166 valence electrons. The maximum Gasteiger partial charge on any atom is 0.339 e. The van der Waals surface area contributed by atoms with Crippen molar-refractivity contribution in [2.45, 2.75) is 59.4 Å². The number of amides is 1. The first kappa shape index (κ1) is 21.9. The Hall–Kier alpha value is -3.34. The molecule has 5 heteroatoms. The van der Waals surface area contributed by atoms with Gasteiger partial charge in [-0.1, -0.05) is 30.3 Å². The van der Waals surface area contributed by atoms with Crippen LogP contribution < -0.4 is 10.9 Å². The summed E-state index contributed by atoms with van der Waals surface area (Å²) in [4.78, 5) is 25.1. The van der Waals surface area contributed by atoms with Gasteiger partial charge in [-0.05, 0) is 69.7 Å². The van der Waals surface area contributed by atoms with Crippen LogP contribution in [0.25, 0.3) is 21.9 Å². The zero-order chi connectivity index (χ0) is 22.8. The van der Waals surface area contributed by atoms with E-state index in [1.165, 1.54) is 5.56 Å². The minimum Gasteiger partial charge on any atom is -0.461 e. The number of carbonyl (C=O) groups excluding carboxylic acids is 1. The molecule has 2 aromatic heterocycles.